The maximum Gasteiger partial charge on any atom is 0.433 e. The molecule has 0 aliphatic carbocycles. The summed E-state index contributed by atoms with van der Waals surface area (Å²) in [4.78, 5) is 47.6. The quantitative estimate of drug-likeness (QED) is 0.215. The van der Waals surface area contributed by atoms with Gasteiger partial charge < -0.3 is 20.4 Å². The Balaban J connectivity index is 0.000000202. The maximum absolute atomic E-state index is 14.4. The molecule has 0 radical (unpaired) electrons. The molecule has 0 bridgehead atoms. The van der Waals surface area contributed by atoms with Crippen LogP contribution in [0, 0.1) is 49.5 Å². The van der Waals surface area contributed by atoms with Crippen LogP contribution in [0.3, 0.4) is 0 Å². The second-order valence-corrected chi connectivity index (χ2v) is 12.3. The Bertz CT molecular complexity index is 2020. The fourth-order valence-corrected chi connectivity index (χ4v) is 5.72. The highest BCUT2D eigenvalue weighted by atomic mass is 19.4. The number of amides is 2. The molecule has 52 heavy (non-hydrogen) atoms. The van der Waals surface area contributed by atoms with Gasteiger partial charge in [-0.05, 0) is 70.0 Å². The van der Waals surface area contributed by atoms with Crippen LogP contribution in [-0.4, -0.2) is 84.8 Å². The van der Waals surface area contributed by atoms with E-state index in [1.165, 1.54) is 37.4 Å². The molecule has 3 aromatic heterocycles. The second-order valence-electron chi connectivity index (χ2n) is 12.3. The SMILES string of the molecule is Cc1cc(-c2ccc(C(=O)N[C@@H]3CCN(C#N)C3)c(F)c2)nc(C)n1.Cc1nc(-c2ccc(C(=O)N[C@@H]3CCN(C#N)C3)nc2)cc(C(F)(F)F)n1. The minimum atomic E-state index is -4.58. The molecule has 4 aromatic rings. The molecular weight excluding hydrogens is 682 g/mol. The van der Waals surface area contributed by atoms with Crippen molar-refractivity contribution in [1.82, 2.24) is 45.4 Å². The van der Waals surface area contributed by atoms with Gasteiger partial charge in [-0.2, -0.15) is 23.7 Å². The molecule has 2 aliphatic rings. The van der Waals surface area contributed by atoms with E-state index < -0.39 is 29.5 Å². The van der Waals surface area contributed by atoms with E-state index in [1.54, 1.807) is 28.9 Å². The van der Waals surface area contributed by atoms with Gasteiger partial charge in [0.05, 0.1) is 17.0 Å². The molecule has 1 aromatic carbocycles. The van der Waals surface area contributed by atoms with Crippen LogP contribution >= 0.6 is 0 Å². The van der Waals surface area contributed by atoms with Gasteiger partial charge in [0.15, 0.2) is 12.4 Å². The van der Waals surface area contributed by atoms with E-state index in [-0.39, 0.29) is 34.9 Å². The van der Waals surface area contributed by atoms with Crippen molar-refractivity contribution in [2.24, 2.45) is 0 Å². The number of hydrogen-bond donors (Lipinski definition) is 2. The first-order valence-electron chi connectivity index (χ1n) is 16.1. The first kappa shape index (κ1) is 37.0. The molecule has 2 atom stereocenters. The molecular formula is C35H33F4N11O2. The first-order valence-corrected chi connectivity index (χ1v) is 16.1. The summed E-state index contributed by atoms with van der Waals surface area (Å²) in [5, 5.41) is 23.3. The van der Waals surface area contributed by atoms with E-state index in [0.717, 1.165) is 11.8 Å². The summed E-state index contributed by atoms with van der Waals surface area (Å²) in [5.74, 6) is -0.866. The molecule has 6 rings (SSSR count). The average molecular weight is 716 g/mol. The highest BCUT2D eigenvalue weighted by molar-refractivity contribution is 5.95. The lowest BCUT2D eigenvalue weighted by Gasteiger charge is -2.13. The smallest absolute Gasteiger partial charge is 0.347 e. The van der Waals surface area contributed by atoms with Crippen LogP contribution in [0.15, 0.2) is 48.7 Å². The summed E-state index contributed by atoms with van der Waals surface area (Å²) in [5.41, 5.74) is 1.53. The van der Waals surface area contributed by atoms with Gasteiger partial charge >= 0.3 is 6.18 Å². The highest BCUT2D eigenvalue weighted by Crippen LogP contribution is 2.30. The van der Waals surface area contributed by atoms with Gasteiger partial charge in [-0.3, -0.25) is 14.6 Å². The van der Waals surface area contributed by atoms with Crippen molar-refractivity contribution in [3.05, 3.63) is 88.8 Å². The normalized spacial score (nSPS) is 16.7. The summed E-state index contributed by atoms with van der Waals surface area (Å²) in [6, 6.07) is 9.70. The number of carbonyl (C=O) groups excluding carboxylic acids is 2. The number of rotatable bonds is 6. The van der Waals surface area contributed by atoms with Gasteiger partial charge in [0.2, 0.25) is 0 Å². The summed E-state index contributed by atoms with van der Waals surface area (Å²) in [6.07, 6.45) is 2.14. The number of benzene rings is 1. The zero-order chi connectivity index (χ0) is 37.6. The lowest BCUT2D eigenvalue weighted by atomic mass is 10.1. The van der Waals surface area contributed by atoms with Gasteiger partial charge in [-0.1, -0.05) is 6.07 Å². The predicted octanol–water partition coefficient (Wildman–Crippen LogP) is 4.34. The van der Waals surface area contributed by atoms with Crippen molar-refractivity contribution in [2.45, 2.75) is 51.9 Å². The topological polar surface area (TPSA) is 177 Å². The van der Waals surface area contributed by atoms with Crippen molar-refractivity contribution in [1.29, 1.82) is 10.5 Å². The lowest BCUT2D eigenvalue weighted by Crippen LogP contribution is -2.36. The van der Waals surface area contributed by atoms with E-state index in [0.29, 0.717) is 61.7 Å². The van der Waals surface area contributed by atoms with E-state index in [9.17, 15) is 27.2 Å². The summed E-state index contributed by atoms with van der Waals surface area (Å²) in [6.45, 7) is 7.10. The molecule has 2 N–H and O–H groups in total. The van der Waals surface area contributed by atoms with Gasteiger partial charge in [0.1, 0.15) is 28.9 Å². The van der Waals surface area contributed by atoms with E-state index >= 15 is 0 Å². The van der Waals surface area contributed by atoms with E-state index in [4.69, 9.17) is 10.5 Å². The summed E-state index contributed by atoms with van der Waals surface area (Å²) >= 11 is 0. The summed E-state index contributed by atoms with van der Waals surface area (Å²) < 4.78 is 53.1. The monoisotopic (exact) mass is 715 g/mol. The zero-order valence-electron chi connectivity index (χ0n) is 28.4. The number of nitrogens with one attached hydrogen (secondary N) is 2. The first-order chi connectivity index (χ1) is 24.7. The molecule has 2 aliphatic heterocycles. The molecule has 2 saturated heterocycles. The van der Waals surface area contributed by atoms with Crippen LogP contribution in [-0.2, 0) is 6.18 Å². The van der Waals surface area contributed by atoms with Gasteiger partial charge in [0, 0.05) is 61.3 Å². The molecule has 5 heterocycles. The van der Waals surface area contributed by atoms with Crippen molar-refractivity contribution in [3.8, 4) is 34.9 Å². The van der Waals surface area contributed by atoms with Gasteiger partial charge in [-0.25, -0.2) is 24.3 Å². The van der Waals surface area contributed by atoms with E-state index in [1.807, 2.05) is 19.3 Å². The lowest BCUT2D eigenvalue weighted by molar-refractivity contribution is -0.141. The van der Waals surface area contributed by atoms with Crippen LogP contribution < -0.4 is 10.6 Å². The number of halogens is 4. The van der Waals surface area contributed by atoms with Crippen LogP contribution in [0.1, 0.15) is 56.7 Å². The van der Waals surface area contributed by atoms with Crippen molar-refractivity contribution in [3.63, 3.8) is 0 Å². The highest BCUT2D eigenvalue weighted by Gasteiger charge is 2.33. The number of pyridine rings is 1. The standard InChI is InChI=1S/C18H18FN5O.C17H15F3N6O/c1-11-7-17(22-12(2)21-11)13-3-4-15(16(19)8-13)18(25)23-14-5-6-24(9-14)10-20;1-10-23-14(6-15(24-10)17(18,19)20)11-2-3-13(22-7-11)16(27)25-12-4-5-26(8-12)9-21/h3-4,7-8,14H,5-6,9H2,1-2H3,(H,23,25);2-3,6-7,12H,4-5,8H2,1H3,(H,25,27)/t14-;12-/m11/s1. The van der Waals surface area contributed by atoms with Crippen molar-refractivity contribution >= 4 is 11.8 Å². The number of aryl methyl sites for hydroxylation is 3. The number of likely N-dealkylation sites (tertiary alicyclic amines) is 2. The van der Waals surface area contributed by atoms with E-state index in [2.05, 4.69) is 35.6 Å². The van der Waals surface area contributed by atoms with Gasteiger partial charge in [0.25, 0.3) is 11.8 Å². The Morgan fingerprint density at radius 1 is 0.788 bits per heavy atom. The average Bonchev–Trinajstić information content (AvgIpc) is 3.76. The third kappa shape index (κ3) is 9.30. The predicted molar refractivity (Wildman–Crippen MR) is 178 cm³/mol. The Hall–Kier alpha value is -6.23. The third-order valence-corrected chi connectivity index (χ3v) is 8.23. The summed E-state index contributed by atoms with van der Waals surface area (Å²) in [7, 11) is 0. The molecule has 2 fully saturated rings. The Labute approximate surface area is 296 Å². The maximum atomic E-state index is 14.4. The molecule has 268 valence electrons. The Kier molecular flexibility index (Phi) is 11.2. The third-order valence-electron chi connectivity index (χ3n) is 8.23. The number of hydrogen-bond acceptors (Lipinski definition) is 11. The van der Waals surface area contributed by atoms with Crippen molar-refractivity contribution < 1.29 is 27.2 Å². The molecule has 13 nitrogen and oxygen atoms in total. The fraction of sp³-hybridized carbons (Fsp3) is 0.343. The molecule has 2 amide bonds. The zero-order valence-corrected chi connectivity index (χ0v) is 28.4. The Morgan fingerprint density at radius 3 is 1.88 bits per heavy atom. The molecule has 0 spiro atoms. The number of nitriles is 2. The van der Waals surface area contributed by atoms with Gasteiger partial charge in [-0.15, -0.1) is 0 Å². The fourth-order valence-electron chi connectivity index (χ4n) is 5.72. The van der Waals surface area contributed by atoms with Crippen LogP contribution in [0.4, 0.5) is 17.6 Å². The number of aromatic nitrogens is 5. The van der Waals surface area contributed by atoms with Crippen LogP contribution in [0.2, 0.25) is 0 Å². The minimum absolute atomic E-state index is 0.00933. The number of nitrogens with zero attached hydrogens (tertiary/aromatic N) is 9. The number of alkyl halides is 3. The van der Waals surface area contributed by atoms with Crippen LogP contribution in [0.5, 0.6) is 0 Å². The largest absolute Gasteiger partial charge is 0.433 e. The minimum Gasteiger partial charge on any atom is -0.347 e. The van der Waals surface area contributed by atoms with Crippen molar-refractivity contribution in [2.75, 3.05) is 26.2 Å². The molecule has 17 heteroatoms. The molecule has 0 unspecified atom stereocenters. The number of carbonyl (C=O) groups is 2. The molecule has 0 saturated carbocycles. The van der Waals surface area contributed by atoms with Crippen LogP contribution in [0.25, 0.3) is 22.5 Å². The Morgan fingerprint density at radius 2 is 1.37 bits per heavy atom. The second kappa shape index (κ2) is 15.8.